The molecule has 0 aromatic rings. The van der Waals surface area contributed by atoms with Gasteiger partial charge in [0, 0.05) is 27.2 Å². The average molecular weight is 375 g/mol. The molecule has 0 aliphatic carbocycles. The molecular formula is C11H26IN3OS. The number of thioether (sulfide) groups is 1. The smallest absolute Gasteiger partial charge is 0.191 e. The van der Waals surface area contributed by atoms with E-state index in [0.717, 1.165) is 25.5 Å². The molecule has 0 saturated heterocycles. The number of methoxy groups -OCH3 is 1. The number of nitrogens with zero attached hydrogens (tertiary/aromatic N) is 1. The van der Waals surface area contributed by atoms with Crippen molar-refractivity contribution in [2.75, 3.05) is 39.3 Å². The lowest BCUT2D eigenvalue weighted by molar-refractivity contribution is 0.0268. The van der Waals surface area contributed by atoms with Crippen LogP contribution in [0.2, 0.25) is 0 Å². The number of ether oxygens (including phenoxy) is 1. The van der Waals surface area contributed by atoms with E-state index in [4.69, 9.17) is 4.74 Å². The monoisotopic (exact) mass is 375 g/mol. The summed E-state index contributed by atoms with van der Waals surface area (Å²) < 4.78 is 5.33. The van der Waals surface area contributed by atoms with Gasteiger partial charge in [-0.15, -0.1) is 24.0 Å². The van der Waals surface area contributed by atoms with Crippen molar-refractivity contribution in [2.24, 2.45) is 4.99 Å². The Morgan fingerprint density at radius 2 is 2.00 bits per heavy atom. The number of halogens is 1. The summed E-state index contributed by atoms with van der Waals surface area (Å²) in [6.45, 7) is 5.78. The first-order valence-corrected chi connectivity index (χ1v) is 6.93. The molecule has 0 bridgehead atoms. The molecule has 0 fully saturated rings. The van der Waals surface area contributed by atoms with E-state index in [2.05, 4.69) is 21.9 Å². The second kappa shape index (κ2) is 11.4. The minimum absolute atomic E-state index is 0. The van der Waals surface area contributed by atoms with Crippen LogP contribution in [0.3, 0.4) is 0 Å². The maximum Gasteiger partial charge on any atom is 0.191 e. The van der Waals surface area contributed by atoms with Crippen molar-refractivity contribution < 1.29 is 4.74 Å². The van der Waals surface area contributed by atoms with Gasteiger partial charge >= 0.3 is 0 Å². The lowest BCUT2D eigenvalue weighted by Crippen LogP contribution is -2.45. The van der Waals surface area contributed by atoms with Crippen LogP contribution in [0.1, 0.15) is 20.3 Å². The molecule has 0 aliphatic rings. The van der Waals surface area contributed by atoms with Crippen LogP contribution in [0.15, 0.2) is 4.99 Å². The fraction of sp³-hybridized carbons (Fsp3) is 0.909. The van der Waals surface area contributed by atoms with Crippen LogP contribution in [-0.2, 0) is 4.74 Å². The van der Waals surface area contributed by atoms with Gasteiger partial charge in [-0.1, -0.05) is 0 Å². The fourth-order valence-electron chi connectivity index (χ4n) is 1.01. The molecule has 17 heavy (non-hydrogen) atoms. The van der Waals surface area contributed by atoms with Crippen molar-refractivity contribution >= 4 is 41.7 Å². The largest absolute Gasteiger partial charge is 0.377 e. The second-order valence-electron chi connectivity index (χ2n) is 4.16. The highest BCUT2D eigenvalue weighted by molar-refractivity contribution is 14.0. The van der Waals surface area contributed by atoms with Gasteiger partial charge in [-0.25, -0.2) is 0 Å². The molecule has 104 valence electrons. The molecule has 0 saturated carbocycles. The van der Waals surface area contributed by atoms with Gasteiger partial charge in [0.2, 0.25) is 0 Å². The molecule has 0 rings (SSSR count). The molecular weight excluding hydrogens is 349 g/mol. The summed E-state index contributed by atoms with van der Waals surface area (Å²) in [6, 6.07) is 0. The van der Waals surface area contributed by atoms with Crippen molar-refractivity contribution in [1.29, 1.82) is 0 Å². The average Bonchev–Trinajstić information content (AvgIpc) is 2.28. The van der Waals surface area contributed by atoms with E-state index in [-0.39, 0.29) is 29.6 Å². The number of hydrogen-bond acceptors (Lipinski definition) is 3. The van der Waals surface area contributed by atoms with Crippen molar-refractivity contribution in [2.45, 2.75) is 25.9 Å². The van der Waals surface area contributed by atoms with E-state index in [1.807, 2.05) is 25.6 Å². The lowest BCUT2D eigenvalue weighted by Gasteiger charge is -2.24. The number of aliphatic imine (C=N–C) groups is 1. The minimum atomic E-state index is -0.170. The number of rotatable bonds is 7. The van der Waals surface area contributed by atoms with Gasteiger partial charge in [-0.05, 0) is 32.3 Å². The van der Waals surface area contributed by atoms with Gasteiger partial charge in [0.05, 0.1) is 5.60 Å². The Morgan fingerprint density at radius 3 is 2.47 bits per heavy atom. The highest BCUT2D eigenvalue weighted by Crippen LogP contribution is 2.04. The predicted molar refractivity (Wildman–Crippen MR) is 88.9 cm³/mol. The first-order chi connectivity index (χ1) is 7.55. The van der Waals surface area contributed by atoms with Gasteiger partial charge < -0.3 is 15.4 Å². The van der Waals surface area contributed by atoms with Crippen LogP contribution < -0.4 is 10.6 Å². The third-order valence-electron chi connectivity index (χ3n) is 2.28. The van der Waals surface area contributed by atoms with Crippen LogP contribution in [0.25, 0.3) is 0 Å². The van der Waals surface area contributed by atoms with Gasteiger partial charge in [-0.2, -0.15) is 11.8 Å². The zero-order valence-corrected chi connectivity index (χ0v) is 14.6. The highest BCUT2D eigenvalue weighted by atomic mass is 127. The molecule has 0 aromatic carbocycles. The summed E-state index contributed by atoms with van der Waals surface area (Å²) >= 11 is 1.86. The van der Waals surface area contributed by atoms with Crippen LogP contribution in [0.4, 0.5) is 0 Å². The summed E-state index contributed by atoms with van der Waals surface area (Å²) in [6.07, 6.45) is 3.27. The summed E-state index contributed by atoms with van der Waals surface area (Å²) in [5, 5.41) is 6.52. The maximum absolute atomic E-state index is 5.33. The van der Waals surface area contributed by atoms with Gasteiger partial charge in [0.1, 0.15) is 0 Å². The maximum atomic E-state index is 5.33. The number of hydrogen-bond donors (Lipinski definition) is 2. The standard InChI is InChI=1S/C11H25N3OS.HI/c1-11(2,15-4)9-14-10(12-3)13-7-6-8-16-5;/h6-9H2,1-5H3,(H2,12,13,14);1H. The number of nitrogens with one attached hydrogen (secondary N) is 2. The Morgan fingerprint density at radius 1 is 1.35 bits per heavy atom. The van der Waals surface area contributed by atoms with Crippen LogP contribution in [0, 0.1) is 0 Å². The van der Waals surface area contributed by atoms with E-state index >= 15 is 0 Å². The Bertz CT molecular complexity index is 213. The zero-order valence-electron chi connectivity index (χ0n) is 11.5. The van der Waals surface area contributed by atoms with Crippen LogP contribution in [0.5, 0.6) is 0 Å². The molecule has 0 aromatic heterocycles. The van der Waals surface area contributed by atoms with E-state index < -0.39 is 0 Å². The SMILES string of the molecule is CN=C(NCCCSC)NCC(C)(C)OC.I. The summed E-state index contributed by atoms with van der Waals surface area (Å²) in [5.74, 6) is 2.01. The fourth-order valence-corrected chi connectivity index (χ4v) is 1.45. The van der Waals surface area contributed by atoms with E-state index in [0.29, 0.717) is 0 Å². The summed E-state index contributed by atoms with van der Waals surface area (Å²) in [7, 11) is 3.50. The Balaban J connectivity index is 0. The normalized spacial score (nSPS) is 11.9. The first-order valence-electron chi connectivity index (χ1n) is 5.54. The Labute approximate surface area is 127 Å². The van der Waals surface area contributed by atoms with Crippen molar-refractivity contribution in [3.05, 3.63) is 0 Å². The molecule has 0 atom stereocenters. The topological polar surface area (TPSA) is 45.7 Å². The van der Waals surface area contributed by atoms with Crippen LogP contribution in [-0.4, -0.2) is 50.8 Å². The molecule has 0 heterocycles. The molecule has 4 nitrogen and oxygen atoms in total. The zero-order chi connectivity index (χ0) is 12.4. The summed E-state index contributed by atoms with van der Waals surface area (Å²) in [5.41, 5.74) is -0.170. The molecule has 0 radical (unpaired) electrons. The molecule has 0 unspecified atom stereocenters. The molecule has 6 heteroatoms. The lowest BCUT2D eigenvalue weighted by atomic mass is 10.1. The van der Waals surface area contributed by atoms with Crippen LogP contribution >= 0.6 is 35.7 Å². The molecule has 2 N–H and O–H groups in total. The highest BCUT2D eigenvalue weighted by Gasteiger charge is 2.16. The van der Waals surface area contributed by atoms with Crippen molar-refractivity contribution in [1.82, 2.24) is 10.6 Å². The van der Waals surface area contributed by atoms with E-state index in [1.54, 1.807) is 14.2 Å². The first kappa shape index (κ1) is 19.6. The van der Waals surface area contributed by atoms with Crippen molar-refractivity contribution in [3.8, 4) is 0 Å². The second-order valence-corrected chi connectivity index (χ2v) is 5.15. The Kier molecular flexibility index (Phi) is 13.2. The van der Waals surface area contributed by atoms with E-state index in [1.165, 1.54) is 5.75 Å². The predicted octanol–water partition coefficient (Wildman–Crippen LogP) is 1.95. The van der Waals surface area contributed by atoms with E-state index in [9.17, 15) is 0 Å². The molecule has 0 amide bonds. The quantitative estimate of drug-likeness (QED) is 0.309. The third-order valence-corrected chi connectivity index (χ3v) is 2.97. The minimum Gasteiger partial charge on any atom is -0.377 e. The Hall–Kier alpha value is 0.310. The van der Waals surface area contributed by atoms with Gasteiger partial charge in [0.25, 0.3) is 0 Å². The third kappa shape index (κ3) is 11.1. The van der Waals surface area contributed by atoms with Gasteiger partial charge in [0.15, 0.2) is 5.96 Å². The summed E-state index contributed by atoms with van der Waals surface area (Å²) in [4.78, 5) is 4.16. The molecule has 0 spiro atoms. The van der Waals surface area contributed by atoms with Gasteiger partial charge in [-0.3, -0.25) is 4.99 Å². The molecule has 0 aliphatic heterocycles. The number of guanidine groups is 1. The van der Waals surface area contributed by atoms with Crippen molar-refractivity contribution in [3.63, 3.8) is 0 Å².